The molecular formula is C11H8Br2N2. The lowest BCUT2D eigenvalue weighted by Gasteiger charge is -2.36. The van der Waals surface area contributed by atoms with Crippen LogP contribution in [-0.2, 0) is 0 Å². The molecule has 2 nitrogen and oxygen atoms in total. The summed E-state index contributed by atoms with van der Waals surface area (Å²) in [5.41, 5.74) is 1.64. The molecule has 0 radical (unpaired) electrons. The lowest BCUT2D eigenvalue weighted by Crippen LogP contribution is -2.33. The van der Waals surface area contributed by atoms with E-state index in [4.69, 9.17) is 10.5 Å². The number of rotatable bonds is 0. The minimum Gasteiger partial charge on any atom is -0.193 e. The highest BCUT2D eigenvalue weighted by molar-refractivity contribution is 9.10. The smallest absolute Gasteiger partial charge is 0.0947 e. The predicted octanol–water partition coefficient (Wildman–Crippen LogP) is 3.06. The van der Waals surface area contributed by atoms with Crippen LogP contribution in [0.2, 0.25) is 0 Å². The van der Waals surface area contributed by atoms with Crippen molar-refractivity contribution in [3.8, 4) is 12.1 Å². The van der Waals surface area contributed by atoms with E-state index in [0.29, 0.717) is 0 Å². The Balaban J connectivity index is 2.42. The molecule has 4 atom stereocenters. The highest BCUT2D eigenvalue weighted by Crippen LogP contribution is 2.44. The largest absolute Gasteiger partial charge is 0.193 e. The van der Waals surface area contributed by atoms with Gasteiger partial charge in [0.15, 0.2) is 0 Å². The molecule has 2 aliphatic rings. The van der Waals surface area contributed by atoms with Crippen molar-refractivity contribution in [1.82, 2.24) is 0 Å². The summed E-state index contributed by atoms with van der Waals surface area (Å²) < 4.78 is 0. The molecule has 0 saturated heterocycles. The third kappa shape index (κ3) is 1.77. The van der Waals surface area contributed by atoms with Crippen molar-refractivity contribution in [1.29, 1.82) is 10.5 Å². The van der Waals surface area contributed by atoms with Gasteiger partial charge in [0.25, 0.3) is 0 Å². The van der Waals surface area contributed by atoms with E-state index in [9.17, 15) is 0 Å². The Labute approximate surface area is 106 Å². The zero-order valence-electron chi connectivity index (χ0n) is 7.82. The lowest BCUT2D eigenvalue weighted by atomic mass is 9.72. The second-order valence-corrected chi connectivity index (χ2v) is 5.92. The van der Waals surface area contributed by atoms with Crippen molar-refractivity contribution < 1.29 is 0 Å². The zero-order valence-corrected chi connectivity index (χ0v) is 11.0. The third-order valence-electron chi connectivity index (χ3n) is 3.01. The highest BCUT2D eigenvalue weighted by atomic mass is 79.9. The van der Waals surface area contributed by atoms with Crippen molar-refractivity contribution in [2.75, 3.05) is 0 Å². The molecule has 0 aromatic carbocycles. The molecule has 2 bridgehead atoms. The number of alkyl halides is 2. The average Bonchev–Trinajstić information content (AvgIpc) is 2.25. The lowest BCUT2D eigenvalue weighted by molar-refractivity contribution is 0.437. The molecule has 0 heterocycles. The first-order valence-electron chi connectivity index (χ1n) is 4.69. The van der Waals surface area contributed by atoms with Gasteiger partial charge in [0, 0.05) is 32.6 Å². The minimum absolute atomic E-state index is 0.120. The first-order valence-corrected chi connectivity index (χ1v) is 6.52. The van der Waals surface area contributed by atoms with Gasteiger partial charge in [-0.05, 0) is 6.42 Å². The Morgan fingerprint density at radius 2 is 1.40 bits per heavy atom. The first-order chi connectivity index (χ1) is 7.17. The van der Waals surface area contributed by atoms with Gasteiger partial charge in [0.2, 0.25) is 0 Å². The Morgan fingerprint density at radius 3 is 1.73 bits per heavy atom. The molecule has 0 spiro atoms. The minimum atomic E-state index is 0.120. The van der Waals surface area contributed by atoms with E-state index >= 15 is 0 Å². The molecule has 0 aromatic heterocycles. The van der Waals surface area contributed by atoms with Crippen LogP contribution in [0.3, 0.4) is 0 Å². The maximum atomic E-state index is 9.02. The van der Waals surface area contributed by atoms with Gasteiger partial charge in [-0.15, -0.1) is 0 Å². The van der Waals surface area contributed by atoms with Crippen molar-refractivity contribution in [2.24, 2.45) is 11.8 Å². The first kappa shape index (κ1) is 10.9. The van der Waals surface area contributed by atoms with Gasteiger partial charge in [0.1, 0.15) is 0 Å². The summed E-state index contributed by atoms with van der Waals surface area (Å²) in [5.74, 6) is 0.455. The summed E-state index contributed by atoms with van der Waals surface area (Å²) in [7, 11) is 0. The summed E-state index contributed by atoms with van der Waals surface area (Å²) >= 11 is 7.05. The van der Waals surface area contributed by atoms with Gasteiger partial charge < -0.3 is 0 Å². The van der Waals surface area contributed by atoms with Crippen LogP contribution in [0.1, 0.15) is 6.42 Å². The molecule has 0 aromatic rings. The van der Waals surface area contributed by atoms with Crippen LogP contribution in [0.25, 0.3) is 0 Å². The Morgan fingerprint density at radius 1 is 1.00 bits per heavy atom. The average molecular weight is 328 g/mol. The van der Waals surface area contributed by atoms with Crippen LogP contribution in [0.15, 0.2) is 23.3 Å². The van der Waals surface area contributed by atoms with Gasteiger partial charge in [-0.3, -0.25) is 0 Å². The Kier molecular flexibility index (Phi) is 3.00. The number of allylic oxidation sites excluding steroid dienone is 4. The molecule has 0 unspecified atom stereocenters. The van der Waals surface area contributed by atoms with Gasteiger partial charge >= 0.3 is 0 Å². The van der Waals surface area contributed by atoms with Crippen LogP contribution >= 0.6 is 31.9 Å². The fourth-order valence-corrected chi connectivity index (χ4v) is 3.76. The number of fused-ring (bicyclic) bond motifs is 2. The quantitative estimate of drug-likeness (QED) is 0.642. The molecular weight excluding hydrogens is 320 g/mol. The monoisotopic (exact) mass is 326 g/mol. The SMILES string of the molecule is N#CC1=C[C@H](Br)[C@@H]2C[C@H]1[C@H](Br)C=C2C#N. The van der Waals surface area contributed by atoms with Crippen LogP contribution in [-0.4, -0.2) is 9.65 Å². The van der Waals surface area contributed by atoms with Crippen LogP contribution < -0.4 is 0 Å². The van der Waals surface area contributed by atoms with E-state index in [1.54, 1.807) is 0 Å². The van der Waals surface area contributed by atoms with Crippen molar-refractivity contribution in [3.63, 3.8) is 0 Å². The second-order valence-electron chi connectivity index (χ2n) is 3.81. The number of nitriles is 2. The molecule has 76 valence electrons. The maximum Gasteiger partial charge on any atom is 0.0947 e. The number of hydrogen-bond acceptors (Lipinski definition) is 2. The van der Waals surface area contributed by atoms with E-state index in [1.807, 2.05) is 12.2 Å². The van der Waals surface area contributed by atoms with E-state index in [0.717, 1.165) is 17.6 Å². The van der Waals surface area contributed by atoms with Crippen molar-refractivity contribution >= 4 is 31.9 Å². The summed E-state index contributed by atoms with van der Waals surface area (Å²) in [6.45, 7) is 0. The third-order valence-corrected chi connectivity index (χ3v) is 4.82. The fourth-order valence-electron chi connectivity index (χ4n) is 2.19. The second kappa shape index (κ2) is 4.12. The topological polar surface area (TPSA) is 47.6 Å². The normalized spacial score (nSPS) is 38.4. The summed E-state index contributed by atoms with van der Waals surface area (Å²) in [5, 5.41) is 18.0. The van der Waals surface area contributed by atoms with Crippen molar-refractivity contribution in [2.45, 2.75) is 16.1 Å². The van der Waals surface area contributed by atoms with Gasteiger partial charge in [-0.1, -0.05) is 44.0 Å². The summed E-state index contributed by atoms with van der Waals surface area (Å²) in [4.78, 5) is 0.239. The molecule has 0 amide bonds. The van der Waals surface area contributed by atoms with Gasteiger partial charge in [-0.2, -0.15) is 10.5 Å². The number of halogens is 2. The number of nitrogens with zero attached hydrogens (tertiary/aromatic N) is 2. The van der Waals surface area contributed by atoms with Gasteiger partial charge in [0.05, 0.1) is 12.1 Å². The van der Waals surface area contributed by atoms with Gasteiger partial charge in [-0.25, -0.2) is 0 Å². The predicted molar refractivity (Wildman–Crippen MR) is 64.4 cm³/mol. The standard InChI is InChI=1S/C11H8Br2N2/c12-10-1-6(4-14)8-3-9(10)7(5-15)2-11(8)13/h1-2,8-11H,3H2/t8-,9-,10-,11+/m1/s1. The van der Waals surface area contributed by atoms with E-state index in [1.165, 1.54) is 0 Å². The summed E-state index contributed by atoms with van der Waals surface area (Å²) in [6, 6.07) is 4.48. The Hall–Kier alpha value is -0.580. The maximum absolute atomic E-state index is 9.02. The number of hydrogen-bond donors (Lipinski definition) is 0. The fraction of sp³-hybridized carbons (Fsp3) is 0.455. The summed E-state index contributed by atoms with van der Waals surface area (Å²) in [6.07, 6.45) is 4.76. The van der Waals surface area contributed by atoms with Crippen LogP contribution in [0.4, 0.5) is 0 Å². The molecule has 0 fully saturated rings. The molecule has 4 heteroatoms. The van der Waals surface area contributed by atoms with Crippen LogP contribution in [0.5, 0.6) is 0 Å². The molecule has 2 rings (SSSR count). The van der Waals surface area contributed by atoms with Crippen LogP contribution in [0, 0.1) is 34.5 Å². The van der Waals surface area contributed by atoms with Crippen molar-refractivity contribution in [3.05, 3.63) is 23.3 Å². The zero-order chi connectivity index (χ0) is 11.0. The molecule has 15 heavy (non-hydrogen) atoms. The molecule has 0 aliphatic heterocycles. The van der Waals surface area contributed by atoms with E-state index in [-0.39, 0.29) is 21.5 Å². The molecule has 0 N–H and O–H groups in total. The highest BCUT2D eigenvalue weighted by Gasteiger charge is 2.38. The van der Waals surface area contributed by atoms with E-state index in [2.05, 4.69) is 44.0 Å². The molecule has 0 saturated carbocycles. The molecule has 2 aliphatic carbocycles. The Bertz CT molecular complexity index is 385. The van der Waals surface area contributed by atoms with E-state index < -0.39 is 0 Å².